The maximum absolute atomic E-state index is 4.90. The average molecular weight is 639 g/mol. The minimum absolute atomic E-state index is 0.878. The molecule has 236 valence electrons. The molecule has 0 aliphatic rings. The third-order valence-corrected chi connectivity index (χ3v) is 10.6. The number of fused-ring (bicyclic) bond motifs is 8. The Morgan fingerprint density at radius 3 is 1.88 bits per heavy atom. The largest absolute Gasteiger partial charge is 0.296 e. The summed E-state index contributed by atoms with van der Waals surface area (Å²) < 4.78 is 2.30. The average Bonchev–Trinajstić information content (AvgIpc) is 3.55. The summed E-state index contributed by atoms with van der Waals surface area (Å²) in [5.41, 5.74) is 9.66. The van der Waals surface area contributed by atoms with Crippen LogP contribution in [0.25, 0.3) is 92.8 Å². The number of para-hydroxylation sites is 2. The molecule has 0 aliphatic heterocycles. The summed E-state index contributed by atoms with van der Waals surface area (Å²) in [6, 6.07) is 58.2. The summed E-state index contributed by atoms with van der Waals surface area (Å²) in [6.45, 7) is 4.40. The predicted molar refractivity (Wildman–Crippen MR) is 214 cm³/mol. The SMILES string of the molecule is CCc1nc2ccccc2n1-c1ccc2cc(-c3ccc4c(ccc5cccc(-c6cccc7ccc8cccc(C)c8c67)c54)c3)ccc2c1. The van der Waals surface area contributed by atoms with E-state index in [1.807, 2.05) is 0 Å². The number of aromatic nitrogens is 2. The van der Waals surface area contributed by atoms with Gasteiger partial charge in [-0.3, -0.25) is 4.57 Å². The number of hydrogen-bond donors (Lipinski definition) is 0. The van der Waals surface area contributed by atoms with Crippen LogP contribution in [0.3, 0.4) is 0 Å². The fourth-order valence-corrected chi connectivity index (χ4v) is 8.24. The van der Waals surface area contributed by atoms with Crippen molar-refractivity contribution in [1.29, 1.82) is 0 Å². The van der Waals surface area contributed by atoms with Crippen LogP contribution in [0, 0.1) is 6.92 Å². The lowest BCUT2D eigenvalue weighted by Crippen LogP contribution is -1.99. The molecule has 0 bridgehead atoms. The van der Waals surface area contributed by atoms with Gasteiger partial charge in [0, 0.05) is 12.1 Å². The highest BCUT2D eigenvalue weighted by Gasteiger charge is 2.15. The van der Waals surface area contributed by atoms with Crippen LogP contribution >= 0.6 is 0 Å². The molecule has 1 heterocycles. The normalized spacial score (nSPS) is 11.9. The first-order valence-electron chi connectivity index (χ1n) is 17.5. The molecule has 0 saturated heterocycles. The number of nitrogens with zero attached hydrogens (tertiary/aromatic N) is 2. The van der Waals surface area contributed by atoms with E-state index >= 15 is 0 Å². The highest BCUT2D eigenvalue weighted by molar-refractivity contribution is 6.21. The molecule has 0 unspecified atom stereocenters. The first kappa shape index (κ1) is 28.7. The Bertz CT molecular complexity index is 2980. The lowest BCUT2D eigenvalue weighted by Gasteiger charge is -2.16. The molecule has 0 fully saturated rings. The highest BCUT2D eigenvalue weighted by Crippen LogP contribution is 2.41. The molecule has 10 aromatic rings. The van der Waals surface area contributed by atoms with E-state index in [0.717, 1.165) is 29.0 Å². The zero-order valence-corrected chi connectivity index (χ0v) is 28.1. The molecule has 0 aliphatic carbocycles. The van der Waals surface area contributed by atoms with E-state index in [0.29, 0.717) is 0 Å². The van der Waals surface area contributed by atoms with Crippen molar-refractivity contribution in [3.63, 3.8) is 0 Å². The van der Waals surface area contributed by atoms with E-state index in [1.165, 1.54) is 81.7 Å². The zero-order valence-electron chi connectivity index (χ0n) is 28.1. The van der Waals surface area contributed by atoms with Crippen LogP contribution in [-0.4, -0.2) is 9.55 Å². The zero-order chi connectivity index (χ0) is 33.3. The molecule has 50 heavy (non-hydrogen) atoms. The Balaban J connectivity index is 1.10. The van der Waals surface area contributed by atoms with E-state index in [1.54, 1.807) is 0 Å². The van der Waals surface area contributed by atoms with Gasteiger partial charge < -0.3 is 0 Å². The molecule has 9 aromatic carbocycles. The van der Waals surface area contributed by atoms with Gasteiger partial charge in [0.25, 0.3) is 0 Å². The Morgan fingerprint density at radius 1 is 0.480 bits per heavy atom. The van der Waals surface area contributed by atoms with Gasteiger partial charge in [0.05, 0.1) is 11.0 Å². The van der Waals surface area contributed by atoms with Gasteiger partial charge in [-0.15, -0.1) is 0 Å². The summed E-state index contributed by atoms with van der Waals surface area (Å²) in [5, 5.41) is 12.8. The minimum Gasteiger partial charge on any atom is -0.296 e. The Hall–Kier alpha value is -6.25. The predicted octanol–water partition coefficient (Wildman–Crippen LogP) is 13.0. The maximum atomic E-state index is 4.90. The quantitative estimate of drug-likeness (QED) is 0.175. The molecular weight excluding hydrogens is 605 g/mol. The third-order valence-electron chi connectivity index (χ3n) is 10.6. The van der Waals surface area contributed by atoms with Crippen LogP contribution in [0.15, 0.2) is 158 Å². The fourth-order valence-electron chi connectivity index (χ4n) is 8.24. The summed E-state index contributed by atoms with van der Waals surface area (Å²) in [6.07, 6.45) is 0.878. The van der Waals surface area contributed by atoms with E-state index in [9.17, 15) is 0 Å². The summed E-state index contributed by atoms with van der Waals surface area (Å²) in [5.74, 6) is 1.08. The summed E-state index contributed by atoms with van der Waals surface area (Å²) >= 11 is 0. The first-order chi connectivity index (χ1) is 24.6. The molecule has 0 saturated carbocycles. The Labute approximate surface area is 290 Å². The van der Waals surface area contributed by atoms with Crippen molar-refractivity contribution in [3.8, 4) is 27.9 Å². The summed E-state index contributed by atoms with van der Waals surface area (Å²) in [4.78, 5) is 4.90. The van der Waals surface area contributed by atoms with E-state index in [2.05, 4.69) is 176 Å². The molecule has 0 atom stereocenters. The van der Waals surface area contributed by atoms with Crippen LogP contribution in [-0.2, 0) is 6.42 Å². The molecule has 2 heteroatoms. The second kappa shape index (κ2) is 11.1. The van der Waals surface area contributed by atoms with Crippen LogP contribution < -0.4 is 0 Å². The molecular formula is C48H34N2. The topological polar surface area (TPSA) is 17.8 Å². The Morgan fingerprint density at radius 2 is 1.08 bits per heavy atom. The summed E-state index contributed by atoms with van der Waals surface area (Å²) in [7, 11) is 0. The number of hydrogen-bond acceptors (Lipinski definition) is 1. The molecule has 0 N–H and O–H groups in total. The van der Waals surface area contributed by atoms with Crippen molar-refractivity contribution in [3.05, 3.63) is 169 Å². The van der Waals surface area contributed by atoms with Crippen molar-refractivity contribution < 1.29 is 0 Å². The number of imidazole rings is 1. The molecule has 0 radical (unpaired) electrons. The second-order valence-corrected chi connectivity index (χ2v) is 13.5. The third kappa shape index (κ3) is 4.38. The van der Waals surface area contributed by atoms with Crippen LogP contribution in [0.4, 0.5) is 0 Å². The van der Waals surface area contributed by atoms with Crippen molar-refractivity contribution in [2.45, 2.75) is 20.3 Å². The molecule has 1 aromatic heterocycles. The minimum atomic E-state index is 0.878. The van der Waals surface area contributed by atoms with Gasteiger partial charge in [0.1, 0.15) is 5.82 Å². The number of rotatable bonds is 4. The standard InChI is InChI=1S/C48H34N2/c1-3-45-49-43-15-4-5-16-44(43)50(45)39-25-23-35-27-34(20-21-37(35)29-39)36-24-26-40-38(28-36)22-19-32-11-7-13-41(47(32)40)42-14-8-12-33-18-17-31-10-6-9-30(2)46(31)48(33)42/h4-29H,3H2,1-2H3. The monoisotopic (exact) mass is 638 g/mol. The van der Waals surface area contributed by atoms with Crippen LogP contribution in [0.5, 0.6) is 0 Å². The second-order valence-electron chi connectivity index (χ2n) is 13.5. The number of benzene rings is 9. The van der Waals surface area contributed by atoms with Crippen LogP contribution in [0.1, 0.15) is 18.3 Å². The van der Waals surface area contributed by atoms with Gasteiger partial charge in [-0.1, -0.05) is 128 Å². The van der Waals surface area contributed by atoms with Gasteiger partial charge in [0.2, 0.25) is 0 Å². The van der Waals surface area contributed by atoms with Gasteiger partial charge in [-0.05, 0) is 125 Å². The van der Waals surface area contributed by atoms with Crippen molar-refractivity contribution in [1.82, 2.24) is 9.55 Å². The van der Waals surface area contributed by atoms with Crippen molar-refractivity contribution in [2.75, 3.05) is 0 Å². The van der Waals surface area contributed by atoms with Gasteiger partial charge in [0.15, 0.2) is 0 Å². The van der Waals surface area contributed by atoms with Crippen molar-refractivity contribution in [2.24, 2.45) is 0 Å². The van der Waals surface area contributed by atoms with Gasteiger partial charge in [-0.2, -0.15) is 0 Å². The Kier molecular flexibility index (Phi) is 6.41. The number of aryl methyl sites for hydroxylation is 2. The molecule has 0 spiro atoms. The maximum Gasteiger partial charge on any atom is 0.114 e. The van der Waals surface area contributed by atoms with Gasteiger partial charge >= 0.3 is 0 Å². The lowest BCUT2D eigenvalue weighted by atomic mass is 9.88. The van der Waals surface area contributed by atoms with Crippen LogP contribution in [0.2, 0.25) is 0 Å². The first-order valence-corrected chi connectivity index (χ1v) is 17.5. The molecule has 2 nitrogen and oxygen atoms in total. The smallest absolute Gasteiger partial charge is 0.114 e. The van der Waals surface area contributed by atoms with Crippen molar-refractivity contribution >= 4 is 64.9 Å². The van der Waals surface area contributed by atoms with E-state index in [-0.39, 0.29) is 0 Å². The lowest BCUT2D eigenvalue weighted by molar-refractivity contribution is 0.909. The molecule has 0 amide bonds. The van der Waals surface area contributed by atoms with E-state index < -0.39 is 0 Å². The highest BCUT2D eigenvalue weighted by atomic mass is 15.1. The fraction of sp³-hybridized carbons (Fsp3) is 0.0625. The van der Waals surface area contributed by atoms with E-state index in [4.69, 9.17) is 4.98 Å². The molecule has 10 rings (SSSR count). The van der Waals surface area contributed by atoms with Gasteiger partial charge in [-0.25, -0.2) is 4.98 Å².